The first-order valence-corrected chi connectivity index (χ1v) is 11.4. The quantitative estimate of drug-likeness (QED) is 0.620. The minimum absolute atomic E-state index is 0.0147. The second kappa shape index (κ2) is 9.13. The molecule has 6 nitrogen and oxygen atoms in total. The number of carbonyl (C=O) groups is 1. The Bertz CT molecular complexity index is 882. The molecule has 1 N–H and O–H groups in total. The molecule has 0 atom stereocenters. The van der Waals surface area contributed by atoms with Crippen LogP contribution in [0.25, 0.3) is 0 Å². The van der Waals surface area contributed by atoms with Gasteiger partial charge in [0.25, 0.3) is 0 Å². The minimum Gasteiger partial charge on any atom is -0.324 e. The average molecular weight is 499 g/mol. The summed E-state index contributed by atoms with van der Waals surface area (Å²) in [6.07, 6.45) is 0. The molecule has 0 bridgehead atoms. The number of halogens is 1. The largest absolute Gasteiger partial charge is 0.324 e. The van der Waals surface area contributed by atoms with Crippen molar-refractivity contribution in [2.24, 2.45) is 0 Å². The predicted molar refractivity (Wildman–Crippen MR) is 115 cm³/mol. The first-order chi connectivity index (χ1) is 12.9. The standard InChI is InChI=1S/C19H22IN3O3S/c20-17-8-4-5-9-18(17)21-19(24)14-22-10-12-23(13-11-22)27(25,26)15-16-6-2-1-3-7-16/h1-9H,10-15H2,(H,21,24). The normalized spacial score (nSPS) is 16.2. The van der Waals surface area contributed by atoms with Crippen LogP contribution in [0, 0.1) is 3.57 Å². The fourth-order valence-electron chi connectivity index (χ4n) is 3.00. The Labute approximate surface area is 173 Å². The third-order valence-electron chi connectivity index (χ3n) is 4.43. The molecule has 1 aliphatic rings. The summed E-state index contributed by atoms with van der Waals surface area (Å²) in [7, 11) is -3.34. The molecule has 0 aliphatic carbocycles. The molecule has 0 radical (unpaired) electrons. The topological polar surface area (TPSA) is 69.7 Å². The first-order valence-electron chi connectivity index (χ1n) is 8.72. The summed E-state index contributed by atoms with van der Waals surface area (Å²) in [4.78, 5) is 14.3. The number of hydrogen-bond acceptors (Lipinski definition) is 4. The summed E-state index contributed by atoms with van der Waals surface area (Å²) < 4.78 is 27.7. The number of nitrogens with one attached hydrogen (secondary N) is 1. The highest BCUT2D eigenvalue weighted by Gasteiger charge is 2.27. The lowest BCUT2D eigenvalue weighted by Crippen LogP contribution is -2.50. The fourth-order valence-corrected chi connectivity index (χ4v) is 5.04. The van der Waals surface area contributed by atoms with Crippen LogP contribution in [0.5, 0.6) is 0 Å². The maximum absolute atomic E-state index is 12.6. The van der Waals surface area contributed by atoms with Crippen molar-refractivity contribution >= 4 is 44.2 Å². The Hall–Kier alpha value is -1.49. The maximum atomic E-state index is 12.6. The van der Waals surface area contributed by atoms with E-state index in [-0.39, 0.29) is 18.2 Å². The zero-order chi connectivity index (χ0) is 19.3. The van der Waals surface area contributed by atoms with Gasteiger partial charge in [0.15, 0.2) is 0 Å². The lowest BCUT2D eigenvalue weighted by Gasteiger charge is -2.33. The van der Waals surface area contributed by atoms with Gasteiger partial charge in [0.2, 0.25) is 15.9 Å². The van der Waals surface area contributed by atoms with E-state index in [2.05, 4.69) is 27.9 Å². The van der Waals surface area contributed by atoms with Crippen LogP contribution >= 0.6 is 22.6 Å². The Morgan fingerprint density at radius 3 is 2.26 bits per heavy atom. The molecule has 1 aliphatic heterocycles. The Kier molecular flexibility index (Phi) is 6.85. The van der Waals surface area contributed by atoms with Gasteiger partial charge in [0.05, 0.1) is 18.0 Å². The number of sulfonamides is 1. The van der Waals surface area contributed by atoms with E-state index in [1.165, 1.54) is 4.31 Å². The van der Waals surface area contributed by atoms with Crippen LogP contribution in [0.15, 0.2) is 54.6 Å². The third kappa shape index (κ3) is 5.74. The van der Waals surface area contributed by atoms with E-state index in [9.17, 15) is 13.2 Å². The molecule has 0 unspecified atom stereocenters. The first kappa shape index (κ1) is 20.2. The van der Waals surface area contributed by atoms with Crippen LogP contribution in [-0.2, 0) is 20.6 Å². The van der Waals surface area contributed by atoms with Gasteiger partial charge < -0.3 is 5.32 Å². The number of rotatable bonds is 6. The number of amides is 1. The van der Waals surface area contributed by atoms with Gasteiger partial charge >= 0.3 is 0 Å². The number of benzene rings is 2. The lowest BCUT2D eigenvalue weighted by atomic mass is 10.2. The van der Waals surface area contributed by atoms with Crippen LogP contribution in [-0.4, -0.2) is 56.3 Å². The Balaban J connectivity index is 1.50. The van der Waals surface area contributed by atoms with Crippen molar-refractivity contribution in [1.29, 1.82) is 0 Å². The maximum Gasteiger partial charge on any atom is 0.238 e. The molecule has 1 fully saturated rings. The van der Waals surface area contributed by atoms with Gasteiger partial charge in [-0.15, -0.1) is 0 Å². The molecule has 3 rings (SSSR count). The van der Waals surface area contributed by atoms with E-state index in [4.69, 9.17) is 0 Å². The highest BCUT2D eigenvalue weighted by atomic mass is 127. The van der Waals surface area contributed by atoms with Crippen molar-refractivity contribution in [2.75, 3.05) is 38.0 Å². The fraction of sp³-hybridized carbons (Fsp3) is 0.316. The Morgan fingerprint density at radius 1 is 0.963 bits per heavy atom. The highest BCUT2D eigenvalue weighted by molar-refractivity contribution is 14.1. The van der Waals surface area contributed by atoms with E-state index in [1.807, 2.05) is 59.5 Å². The second-order valence-electron chi connectivity index (χ2n) is 6.45. The Morgan fingerprint density at radius 2 is 1.59 bits per heavy atom. The molecule has 27 heavy (non-hydrogen) atoms. The van der Waals surface area contributed by atoms with E-state index in [0.29, 0.717) is 26.2 Å². The number of nitrogens with zero attached hydrogens (tertiary/aromatic N) is 2. The van der Waals surface area contributed by atoms with Gasteiger partial charge in [-0.3, -0.25) is 9.69 Å². The number of anilines is 1. The van der Waals surface area contributed by atoms with Gasteiger partial charge in [-0.2, -0.15) is 4.31 Å². The molecular weight excluding hydrogens is 477 g/mol. The number of hydrogen-bond donors (Lipinski definition) is 1. The number of piperazine rings is 1. The van der Waals surface area contributed by atoms with Crippen molar-refractivity contribution in [3.05, 3.63) is 63.7 Å². The van der Waals surface area contributed by atoms with Gasteiger partial charge in [0, 0.05) is 29.7 Å². The van der Waals surface area contributed by atoms with Gasteiger partial charge in [0.1, 0.15) is 0 Å². The summed E-state index contributed by atoms with van der Waals surface area (Å²) in [6.45, 7) is 2.18. The highest BCUT2D eigenvalue weighted by Crippen LogP contribution is 2.17. The summed E-state index contributed by atoms with van der Waals surface area (Å²) in [5.74, 6) is -0.0690. The average Bonchev–Trinajstić information content (AvgIpc) is 2.64. The molecule has 0 saturated carbocycles. The molecule has 2 aromatic carbocycles. The molecule has 2 aromatic rings. The monoisotopic (exact) mass is 499 g/mol. The van der Waals surface area contributed by atoms with E-state index in [0.717, 1.165) is 14.8 Å². The molecule has 0 aromatic heterocycles. The summed E-state index contributed by atoms with van der Waals surface area (Å²) in [5.41, 5.74) is 1.59. The minimum atomic E-state index is -3.34. The smallest absolute Gasteiger partial charge is 0.238 e. The number of para-hydroxylation sites is 1. The van der Waals surface area contributed by atoms with Crippen LogP contribution in [0.1, 0.15) is 5.56 Å². The lowest BCUT2D eigenvalue weighted by molar-refractivity contribution is -0.117. The number of carbonyl (C=O) groups excluding carboxylic acids is 1. The van der Waals surface area contributed by atoms with Gasteiger partial charge in [-0.05, 0) is 40.3 Å². The van der Waals surface area contributed by atoms with Crippen LogP contribution in [0.4, 0.5) is 5.69 Å². The SMILES string of the molecule is O=C(CN1CCN(S(=O)(=O)Cc2ccccc2)CC1)Nc1ccccc1I. The third-order valence-corrected chi connectivity index (χ3v) is 7.22. The van der Waals surface area contributed by atoms with Crippen LogP contribution < -0.4 is 5.32 Å². The molecule has 8 heteroatoms. The van der Waals surface area contributed by atoms with Crippen molar-refractivity contribution in [3.8, 4) is 0 Å². The second-order valence-corrected chi connectivity index (χ2v) is 9.58. The van der Waals surface area contributed by atoms with Crippen molar-refractivity contribution < 1.29 is 13.2 Å². The van der Waals surface area contributed by atoms with Gasteiger partial charge in [-0.1, -0.05) is 42.5 Å². The molecule has 144 valence electrons. The summed E-state index contributed by atoms with van der Waals surface area (Å²) in [6, 6.07) is 16.8. The van der Waals surface area contributed by atoms with E-state index < -0.39 is 10.0 Å². The molecule has 0 spiro atoms. The van der Waals surface area contributed by atoms with Gasteiger partial charge in [-0.25, -0.2) is 8.42 Å². The molecule has 1 saturated heterocycles. The van der Waals surface area contributed by atoms with E-state index in [1.54, 1.807) is 0 Å². The van der Waals surface area contributed by atoms with Crippen molar-refractivity contribution in [1.82, 2.24) is 9.21 Å². The summed E-state index contributed by atoms with van der Waals surface area (Å²) >= 11 is 2.18. The van der Waals surface area contributed by atoms with Crippen LogP contribution in [0.2, 0.25) is 0 Å². The van der Waals surface area contributed by atoms with Crippen LogP contribution in [0.3, 0.4) is 0 Å². The molecule has 1 heterocycles. The van der Waals surface area contributed by atoms with Crippen molar-refractivity contribution in [3.63, 3.8) is 0 Å². The van der Waals surface area contributed by atoms with E-state index >= 15 is 0 Å². The van der Waals surface area contributed by atoms with Crippen molar-refractivity contribution in [2.45, 2.75) is 5.75 Å². The zero-order valence-corrected chi connectivity index (χ0v) is 17.8. The summed E-state index contributed by atoms with van der Waals surface area (Å²) in [5, 5.41) is 2.91. The predicted octanol–water partition coefficient (Wildman–Crippen LogP) is 2.38. The molecule has 1 amide bonds. The molecular formula is C19H22IN3O3S. The zero-order valence-electron chi connectivity index (χ0n) is 14.8.